The Morgan fingerprint density at radius 2 is 1.30 bits per heavy atom. The van der Waals surface area contributed by atoms with Crippen LogP contribution < -0.4 is 10.2 Å². The van der Waals surface area contributed by atoms with E-state index >= 15 is 0 Å². The highest BCUT2D eigenvalue weighted by atomic mass is 31.2. The third-order valence-corrected chi connectivity index (χ3v) is 9.30. The monoisotopic (exact) mass is 763 g/mol. The van der Waals surface area contributed by atoms with Gasteiger partial charge in [-0.25, -0.2) is 0 Å². The topological polar surface area (TPSA) is 125 Å². The number of ketones is 1. The maximum Gasteiger partial charge on any atom is 0.268 e. The number of unbranched alkanes of at least 4 members (excludes halogenated alkanes) is 11. The van der Waals surface area contributed by atoms with Crippen molar-refractivity contribution in [2.45, 2.75) is 148 Å². The number of quaternary nitrogens is 1. The van der Waals surface area contributed by atoms with E-state index in [1.165, 1.54) is 57.4 Å². The van der Waals surface area contributed by atoms with Gasteiger partial charge < -0.3 is 28.8 Å². The molecule has 0 bridgehead atoms. The molecule has 0 aliphatic rings. The molecule has 0 aromatic carbocycles. The van der Waals surface area contributed by atoms with Gasteiger partial charge in [0, 0.05) is 12.8 Å². The summed E-state index contributed by atoms with van der Waals surface area (Å²) in [6.45, 7) is 4.32. The second kappa shape index (κ2) is 34.1. The Kier molecular flexibility index (Phi) is 32.6. The minimum atomic E-state index is -4.65. The fraction of sp³-hybridized carbons (Fsp3) is 0.674. The van der Waals surface area contributed by atoms with E-state index in [2.05, 4.69) is 55.6 Å². The molecule has 10 heteroatoms. The number of nitrogens with zero attached hydrogens (tertiary/aromatic N) is 1. The van der Waals surface area contributed by atoms with Gasteiger partial charge in [-0.3, -0.25) is 14.2 Å². The molecule has 2 N–H and O–H groups in total. The summed E-state index contributed by atoms with van der Waals surface area (Å²) < 4.78 is 23.0. The molecule has 3 atom stereocenters. The number of allylic oxidation sites excluding steroid dienone is 11. The molecular weight excluding hydrogens is 687 g/mol. The first kappa shape index (κ1) is 50.6. The zero-order valence-corrected chi connectivity index (χ0v) is 34.8. The molecule has 0 radical (unpaired) electrons. The van der Waals surface area contributed by atoms with Crippen molar-refractivity contribution in [1.29, 1.82) is 0 Å². The van der Waals surface area contributed by atoms with E-state index in [4.69, 9.17) is 9.05 Å². The molecule has 0 aromatic heterocycles. The molecule has 0 heterocycles. The van der Waals surface area contributed by atoms with Crippen molar-refractivity contribution in [3.05, 3.63) is 72.9 Å². The number of rotatable bonds is 35. The lowest BCUT2D eigenvalue weighted by atomic mass is 10.1. The first-order chi connectivity index (χ1) is 25.4. The summed E-state index contributed by atoms with van der Waals surface area (Å²) in [5.74, 6) is -0.496. The van der Waals surface area contributed by atoms with Crippen LogP contribution in [0.15, 0.2) is 72.9 Å². The van der Waals surface area contributed by atoms with Crippen molar-refractivity contribution < 1.29 is 37.7 Å². The quantitative estimate of drug-likeness (QED) is 0.0165. The maximum atomic E-state index is 12.8. The predicted molar refractivity (Wildman–Crippen MR) is 219 cm³/mol. The smallest absolute Gasteiger partial charge is 0.268 e. The molecule has 0 aromatic rings. The number of aliphatic hydroxyl groups excluding tert-OH is 1. The summed E-state index contributed by atoms with van der Waals surface area (Å²) in [7, 11) is 1.09. The summed E-state index contributed by atoms with van der Waals surface area (Å²) in [4.78, 5) is 37.5. The van der Waals surface area contributed by atoms with Gasteiger partial charge in [-0.2, -0.15) is 0 Å². The van der Waals surface area contributed by atoms with Crippen LogP contribution in [0.25, 0.3) is 0 Å². The van der Waals surface area contributed by atoms with E-state index in [1.54, 1.807) is 12.2 Å². The lowest BCUT2D eigenvalue weighted by Crippen LogP contribution is -2.45. The summed E-state index contributed by atoms with van der Waals surface area (Å²) >= 11 is 0. The fourth-order valence-electron chi connectivity index (χ4n) is 5.05. The zero-order valence-electron chi connectivity index (χ0n) is 33.9. The first-order valence-corrected chi connectivity index (χ1v) is 21.7. The lowest BCUT2D eigenvalue weighted by molar-refractivity contribution is -0.870. The molecule has 0 aliphatic carbocycles. The van der Waals surface area contributed by atoms with Gasteiger partial charge >= 0.3 is 0 Å². The molecule has 1 amide bonds. The Labute approximate surface area is 323 Å². The predicted octanol–water partition coefficient (Wildman–Crippen LogP) is 9.40. The van der Waals surface area contributed by atoms with Crippen molar-refractivity contribution >= 4 is 19.5 Å². The minimum Gasteiger partial charge on any atom is -0.756 e. The van der Waals surface area contributed by atoms with Crippen LogP contribution in [0.3, 0.4) is 0 Å². The number of carbonyl (C=O) groups excluding carboxylic acids is 2. The van der Waals surface area contributed by atoms with E-state index in [1.807, 2.05) is 39.4 Å². The highest BCUT2D eigenvalue weighted by Crippen LogP contribution is 2.38. The number of amides is 1. The average Bonchev–Trinajstić information content (AvgIpc) is 3.09. The third-order valence-electron chi connectivity index (χ3n) is 8.34. The van der Waals surface area contributed by atoms with E-state index in [-0.39, 0.29) is 25.2 Å². The molecule has 9 nitrogen and oxygen atoms in total. The number of aliphatic hydroxyl groups is 1. The minimum absolute atomic E-state index is 0.0459. The summed E-state index contributed by atoms with van der Waals surface area (Å²) in [5, 5.41) is 13.6. The van der Waals surface area contributed by atoms with Gasteiger partial charge in [0.25, 0.3) is 7.82 Å². The number of phosphoric acid groups is 1. The number of likely N-dealkylation sites (N-methyl/N-ethyl adjacent to an activating group) is 1. The van der Waals surface area contributed by atoms with Crippen molar-refractivity contribution in [1.82, 2.24) is 5.32 Å². The van der Waals surface area contributed by atoms with E-state index < -0.39 is 32.5 Å². The van der Waals surface area contributed by atoms with Gasteiger partial charge in [0.1, 0.15) is 13.2 Å². The standard InChI is InChI=1S/C43H75N2O7P/c1-6-8-10-12-14-16-18-20-22-24-26-28-30-33-40(46)34-32-36-43(48)44-41(39-52-53(49,50)51-38-37-45(3,4)5)42(47)35-31-29-27-25-23-21-19-17-15-13-11-9-7-2/h11,13-14,16,20,22,26,28,30-31,33,35,41-42,47H,6-10,12,15,17-19,21,23-25,27,29,32,34,36-39H2,1-5H3,(H-,44,48,49,50)/b13-11-,16-14-,22-20-,28-26-,33-30+,35-31+/t41-,42+/m0/s1. The Bertz CT molecular complexity index is 1150. The Hall–Kier alpha value is -2.39. The molecule has 0 aliphatic heterocycles. The first-order valence-electron chi connectivity index (χ1n) is 20.3. The zero-order chi connectivity index (χ0) is 39.5. The Morgan fingerprint density at radius 3 is 1.96 bits per heavy atom. The van der Waals surface area contributed by atoms with Crippen LogP contribution in [-0.2, 0) is 23.2 Å². The van der Waals surface area contributed by atoms with E-state index in [0.29, 0.717) is 17.4 Å². The van der Waals surface area contributed by atoms with E-state index in [0.717, 1.165) is 51.4 Å². The average molecular weight is 763 g/mol. The van der Waals surface area contributed by atoms with Crippen molar-refractivity contribution in [2.75, 3.05) is 40.9 Å². The molecule has 0 spiro atoms. The van der Waals surface area contributed by atoms with Gasteiger partial charge in [-0.15, -0.1) is 0 Å². The van der Waals surface area contributed by atoms with Gasteiger partial charge in [0.2, 0.25) is 5.91 Å². The second-order valence-electron chi connectivity index (χ2n) is 14.7. The number of nitrogens with one attached hydrogen (secondary N) is 1. The van der Waals surface area contributed by atoms with Crippen molar-refractivity contribution in [3.63, 3.8) is 0 Å². The largest absolute Gasteiger partial charge is 0.756 e. The van der Waals surface area contributed by atoms with Crippen LogP contribution >= 0.6 is 7.82 Å². The molecule has 0 fully saturated rings. The molecule has 1 unspecified atom stereocenters. The summed E-state index contributed by atoms with van der Waals surface area (Å²) in [6.07, 6.45) is 40.8. The fourth-order valence-corrected chi connectivity index (χ4v) is 5.77. The SMILES string of the molecule is CCC/C=C\CCCCCCCC/C=C/[C@@H](O)[C@H](COP(=O)([O-])OCC[N+](C)(C)C)NC(=O)CCCC(=O)/C=C/C=C\C/C=C\C/C=C\CCCCC. The molecule has 304 valence electrons. The van der Waals surface area contributed by atoms with Crippen LogP contribution in [0, 0.1) is 0 Å². The molecule has 0 saturated heterocycles. The number of phosphoric ester groups is 1. The summed E-state index contributed by atoms with van der Waals surface area (Å²) in [5.41, 5.74) is 0. The number of carbonyl (C=O) groups is 2. The van der Waals surface area contributed by atoms with Crippen LogP contribution in [0.5, 0.6) is 0 Å². The van der Waals surface area contributed by atoms with E-state index in [9.17, 15) is 24.2 Å². The van der Waals surface area contributed by atoms with Gasteiger partial charge in [-0.05, 0) is 70.3 Å². The van der Waals surface area contributed by atoms with Crippen LogP contribution in [-0.4, -0.2) is 74.3 Å². The van der Waals surface area contributed by atoms with Crippen molar-refractivity contribution in [3.8, 4) is 0 Å². The van der Waals surface area contributed by atoms with Crippen LogP contribution in [0.4, 0.5) is 0 Å². The second-order valence-corrected chi connectivity index (χ2v) is 16.1. The van der Waals surface area contributed by atoms with Gasteiger partial charge in [-0.1, -0.05) is 126 Å². The Balaban J connectivity index is 4.75. The number of hydrogen-bond acceptors (Lipinski definition) is 7. The lowest BCUT2D eigenvalue weighted by Gasteiger charge is -2.29. The molecule has 53 heavy (non-hydrogen) atoms. The molecule has 0 saturated carbocycles. The third kappa shape index (κ3) is 36.4. The highest BCUT2D eigenvalue weighted by Gasteiger charge is 2.23. The molecule has 0 rings (SSSR count). The highest BCUT2D eigenvalue weighted by molar-refractivity contribution is 7.45. The van der Waals surface area contributed by atoms with Crippen LogP contribution in [0.1, 0.15) is 136 Å². The number of hydrogen-bond donors (Lipinski definition) is 2. The van der Waals surface area contributed by atoms with Crippen LogP contribution in [0.2, 0.25) is 0 Å². The maximum absolute atomic E-state index is 12.8. The van der Waals surface area contributed by atoms with Crippen molar-refractivity contribution in [2.24, 2.45) is 0 Å². The van der Waals surface area contributed by atoms with Gasteiger partial charge in [0.05, 0.1) is 39.9 Å². The van der Waals surface area contributed by atoms with Gasteiger partial charge in [0.15, 0.2) is 5.78 Å². The Morgan fingerprint density at radius 1 is 0.717 bits per heavy atom. The molecular formula is C43H75N2O7P. The summed E-state index contributed by atoms with van der Waals surface area (Å²) in [6, 6.07) is -1.01. The normalized spacial score (nSPS) is 15.2.